The molecular weight excluding hydrogens is 594 g/mol. The number of ether oxygens (including phenoxy) is 1. The van der Waals surface area contributed by atoms with Gasteiger partial charge in [-0.05, 0) is 51.7 Å². The largest absolute Gasteiger partial charge is 0.444 e. The van der Waals surface area contributed by atoms with Gasteiger partial charge in [-0.15, -0.1) is 10.2 Å². The number of carbonyl (C=O) groups is 2. The Hall–Kier alpha value is -4.43. The molecule has 13 nitrogen and oxygen atoms in total. The summed E-state index contributed by atoms with van der Waals surface area (Å²) in [5, 5.41) is 27.0. The average Bonchev–Trinajstić information content (AvgIpc) is 3.78. The number of amides is 2. The summed E-state index contributed by atoms with van der Waals surface area (Å²) in [4.78, 5) is 38.9. The quantitative estimate of drug-likeness (QED) is 0.319. The molecule has 2 amide bonds. The second-order valence-electron chi connectivity index (χ2n) is 12.5. The van der Waals surface area contributed by atoms with Crippen LogP contribution in [0, 0.1) is 0 Å². The number of nitrogens with one attached hydrogen (secondary N) is 1. The highest BCUT2D eigenvalue weighted by Gasteiger charge is 2.30. The number of aryl methyl sites for hydroxylation is 1. The summed E-state index contributed by atoms with van der Waals surface area (Å²) in [5.41, 5.74) is 2.81. The van der Waals surface area contributed by atoms with Crippen molar-refractivity contribution in [3.63, 3.8) is 0 Å². The lowest BCUT2D eigenvalue weighted by Gasteiger charge is -2.34. The third kappa shape index (κ3) is 7.12. The predicted molar refractivity (Wildman–Crippen MR) is 170 cm³/mol. The van der Waals surface area contributed by atoms with Gasteiger partial charge >= 0.3 is 6.09 Å². The maximum absolute atomic E-state index is 13.0. The molecule has 0 bridgehead atoms. The number of aromatic nitrogens is 6. The van der Waals surface area contributed by atoms with Gasteiger partial charge in [0.1, 0.15) is 11.4 Å². The highest BCUT2D eigenvalue weighted by Crippen LogP contribution is 2.33. The topological polar surface area (TPSA) is 151 Å². The summed E-state index contributed by atoms with van der Waals surface area (Å²) < 4.78 is 7.39. The molecule has 2 atom stereocenters. The number of aliphatic hydroxyl groups excluding tert-OH is 1. The van der Waals surface area contributed by atoms with Crippen LogP contribution in [0.5, 0.6) is 0 Å². The Labute approximate surface area is 265 Å². The normalized spacial score (nSPS) is 18.7. The predicted octanol–water partition coefficient (Wildman–Crippen LogP) is 4.08. The molecule has 0 aliphatic carbocycles. The first-order chi connectivity index (χ1) is 21.5. The molecule has 0 radical (unpaired) electrons. The molecule has 2 N–H and O–H groups in total. The van der Waals surface area contributed by atoms with E-state index in [9.17, 15) is 14.7 Å². The second-order valence-corrected chi connectivity index (χ2v) is 13.4. The molecule has 236 valence electrons. The first-order valence-electron chi connectivity index (χ1n) is 15.0. The van der Waals surface area contributed by atoms with Crippen molar-refractivity contribution in [1.29, 1.82) is 0 Å². The standard InChI is InChI=1S/C31H37N9O4S/c1-31(2,3)44-30(43)40-11-6-9-22(17-40)34-26-24(27-36-37-28(45-27)29(42)39-12-10-23(41)18-39)15-32-25(35-26)20-8-5-7-19(13-20)21-14-33-38(4)16-21/h5,7-8,13-16,22-23,41H,6,9-12,17-18H2,1-4H3,(H,32,34,35)/t22?,23-/m1/s1. The Bertz CT molecular complexity index is 1700. The number of hydrogen-bond donors (Lipinski definition) is 2. The van der Waals surface area contributed by atoms with Gasteiger partial charge in [0.25, 0.3) is 5.91 Å². The van der Waals surface area contributed by atoms with Gasteiger partial charge in [-0.25, -0.2) is 14.8 Å². The van der Waals surface area contributed by atoms with E-state index in [4.69, 9.17) is 14.7 Å². The van der Waals surface area contributed by atoms with Crippen LogP contribution in [0.25, 0.3) is 33.1 Å². The van der Waals surface area contributed by atoms with Gasteiger partial charge in [0.05, 0.1) is 17.9 Å². The number of rotatable bonds is 6. The Morgan fingerprint density at radius 1 is 1.04 bits per heavy atom. The van der Waals surface area contributed by atoms with E-state index in [1.54, 1.807) is 20.7 Å². The molecule has 2 fully saturated rings. The van der Waals surface area contributed by atoms with Crippen LogP contribution >= 0.6 is 11.3 Å². The first-order valence-corrected chi connectivity index (χ1v) is 15.9. The van der Waals surface area contributed by atoms with Crippen molar-refractivity contribution in [2.45, 2.75) is 57.8 Å². The van der Waals surface area contributed by atoms with Crippen molar-refractivity contribution in [1.82, 2.24) is 39.7 Å². The zero-order valence-electron chi connectivity index (χ0n) is 25.8. The Morgan fingerprint density at radius 2 is 1.87 bits per heavy atom. The fraction of sp³-hybridized carbons (Fsp3) is 0.452. The Balaban J connectivity index is 1.31. The molecule has 4 aromatic rings. The minimum atomic E-state index is -0.587. The van der Waals surface area contributed by atoms with Crippen LogP contribution in [0.4, 0.5) is 10.6 Å². The molecule has 6 rings (SSSR count). The number of nitrogens with zero attached hydrogens (tertiary/aromatic N) is 8. The molecule has 5 heterocycles. The van der Waals surface area contributed by atoms with Gasteiger partial charge in [-0.3, -0.25) is 9.48 Å². The number of anilines is 1. The maximum atomic E-state index is 13.0. The molecule has 45 heavy (non-hydrogen) atoms. The van der Waals surface area contributed by atoms with Gasteiger partial charge in [0.15, 0.2) is 10.8 Å². The average molecular weight is 632 g/mol. The zero-order valence-corrected chi connectivity index (χ0v) is 26.6. The monoisotopic (exact) mass is 631 g/mol. The van der Waals surface area contributed by atoms with E-state index in [0.717, 1.165) is 29.5 Å². The summed E-state index contributed by atoms with van der Waals surface area (Å²) in [5.74, 6) is 0.795. The minimum Gasteiger partial charge on any atom is -0.444 e. The fourth-order valence-corrected chi connectivity index (χ4v) is 6.28. The smallest absolute Gasteiger partial charge is 0.410 e. The zero-order chi connectivity index (χ0) is 31.7. The first kappa shape index (κ1) is 30.6. The SMILES string of the molecule is Cn1cc(-c2cccc(-c3ncc(-c4nnc(C(=O)N5CC[C@@H](O)C5)s4)c(NC4CCCN(C(=O)OC(C)(C)C)C4)n3)c2)cn1. The number of hydrogen-bond acceptors (Lipinski definition) is 11. The van der Waals surface area contributed by atoms with Crippen LogP contribution in [0.1, 0.15) is 49.8 Å². The van der Waals surface area contributed by atoms with Gasteiger partial charge < -0.3 is 25.0 Å². The summed E-state index contributed by atoms with van der Waals surface area (Å²) in [6.07, 6.45) is 6.77. The number of piperidine rings is 1. The summed E-state index contributed by atoms with van der Waals surface area (Å²) in [7, 11) is 1.88. The number of β-amino-alcohol motifs (C(OH)–C–C–N with tert-alkyl or cyclic N) is 1. The lowest BCUT2D eigenvalue weighted by atomic mass is 10.1. The molecule has 2 aliphatic rings. The summed E-state index contributed by atoms with van der Waals surface area (Å²) in [6, 6.07) is 7.85. The van der Waals surface area contributed by atoms with E-state index in [1.807, 2.05) is 64.5 Å². The number of benzene rings is 1. The highest BCUT2D eigenvalue weighted by molar-refractivity contribution is 7.16. The van der Waals surface area contributed by atoms with Crippen molar-refractivity contribution in [3.8, 4) is 33.1 Å². The summed E-state index contributed by atoms with van der Waals surface area (Å²) >= 11 is 1.17. The van der Waals surface area contributed by atoms with E-state index < -0.39 is 11.7 Å². The van der Waals surface area contributed by atoms with Gasteiger partial charge in [0, 0.05) is 62.8 Å². The van der Waals surface area contributed by atoms with Crippen molar-refractivity contribution in [3.05, 3.63) is 47.9 Å². The third-order valence-electron chi connectivity index (χ3n) is 7.65. The number of likely N-dealkylation sites (tertiary alicyclic amines) is 2. The van der Waals surface area contributed by atoms with Crippen LogP contribution in [0.3, 0.4) is 0 Å². The summed E-state index contributed by atoms with van der Waals surface area (Å²) in [6.45, 7) is 7.39. The second kappa shape index (κ2) is 12.5. The number of aliphatic hydroxyl groups is 1. The van der Waals surface area contributed by atoms with E-state index in [0.29, 0.717) is 48.3 Å². The van der Waals surface area contributed by atoms with E-state index in [1.165, 1.54) is 11.3 Å². The lowest BCUT2D eigenvalue weighted by molar-refractivity contribution is 0.0206. The number of carbonyl (C=O) groups excluding carboxylic acids is 2. The van der Waals surface area contributed by atoms with Crippen LogP contribution in [-0.2, 0) is 11.8 Å². The van der Waals surface area contributed by atoms with E-state index in [2.05, 4.69) is 20.6 Å². The highest BCUT2D eigenvalue weighted by atomic mass is 32.1. The van der Waals surface area contributed by atoms with Crippen LogP contribution in [0.2, 0.25) is 0 Å². The van der Waals surface area contributed by atoms with Gasteiger partial charge in [0.2, 0.25) is 5.01 Å². The van der Waals surface area contributed by atoms with Gasteiger partial charge in [-0.2, -0.15) is 5.10 Å². The molecule has 0 saturated carbocycles. The molecule has 2 aliphatic heterocycles. The lowest BCUT2D eigenvalue weighted by Crippen LogP contribution is -2.47. The minimum absolute atomic E-state index is 0.102. The van der Waals surface area contributed by atoms with Crippen molar-refractivity contribution in [2.75, 3.05) is 31.5 Å². The van der Waals surface area contributed by atoms with Crippen molar-refractivity contribution < 1.29 is 19.4 Å². The van der Waals surface area contributed by atoms with E-state index >= 15 is 0 Å². The molecular formula is C31H37N9O4S. The molecule has 2 saturated heterocycles. The molecule has 1 unspecified atom stereocenters. The van der Waals surface area contributed by atoms with Crippen LogP contribution < -0.4 is 5.32 Å². The molecule has 0 spiro atoms. The Kier molecular flexibility index (Phi) is 8.51. The Morgan fingerprint density at radius 3 is 2.60 bits per heavy atom. The van der Waals surface area contributed by atoms with E-state index in [-0.39, 0.29) is 29.6 Å². The molecule has 14 heteroatoms. The molecule has 1 aromatic carbocycles. The van der Waals surface area contributed by atoms with Gasteiger partial charge in [-0.1, -0.05) is 29.5 Å². The maximum Gasteiger partial charge on any atom is 0.410 e. The molecule has 3 aromatic heterocycles. The van der Waals surface area contributed by atoms with Crippen molar-refractivity contribution >= 4 is 29.2 Å². The van der Waals surface area contributed by atoms with Crippen molar-refractivity contribution in [2.24, 2.45) is 7.05 Å². The van der Waals surface area contributed by atoms with Crippen LogP contribution in [0.15, 0.2) is 42.9 Å². The fourth-order valence-electron chi connectivity index (χ4n) is 5.46. The van der Waals surface area contributed by atoms with Crippen LogP contribution in [-0.4, -0.2) is 101 Å². The third-order valence-corrected chi connectivity index (χ3v) is 8.60.